The van der Waals surface area contributed by atoms with Crippen molar-refractivity contribution in [3.05, 3.63) is 77.9 Å². The number of hydrogen-bond donors (Lipinski definition) is 2. The standard InChI is InChI=1S/C23H19N5O/c1-2-16-7-4-11-25-20(16)19(29)9-8-15-5-3-6-17(13-15)23-27-14-18-10-12-26-22(24)21(18)28-23/h3-7,10-14,19,29H,2H2,1H3,(H2,24,26)/t19-/m1/s1. The molecule has 0 aliphatic rings. The number of nitrogens with two attached hydrogens (primary N) is 1. The molecule has 0 radical (unpaired) electrons. The number of pyridine rings is 2. The van der Waals surface area contributed by atoms with Gasteiger partial charge in [0.1, 0.15) is 11.3 Å². The summed E-state index contributed by atoms with van der Waals surface area (Å²) >= 11 is 0. The van der Waals surface area contributed by atoms with Crippen molar-refractivity contribution in [2.24, 2.45) is 0 Å². The fourth-order valence-electron chi connectivity index (χ4n) is 3.07. The number of aliphatic hydroxyl groups is 1. The molecule has 4 aromatic rings. The van der Waals surface area contributed by atoms with Crippen LogP contribution in [0.15, 0.2) is 61.1 Å². The number of benzene rings is 1. The lowest BCUT2D eigenvalue weighted by Gasteiger charge is -2.07. The van der Waals surface area contributed by atoms with E-state index in [1.54, 1.807) is 18.6 Å². The average molecular weight is 381 g/mol. The summed E-state index contributed by atoms with van der Waals surface area (Å²) in [5, 5.41) is 11.3. The molecular formula is C23H19N5O. The van der Waals surface area contributed by atoms with Crippen molar-refractivity contribution >= 4 is 16.7 Å². The summed E-state index contributed by atoms with van der Waals surface area (Å²) in [6.07, 6.45) is 4.86. The van der Waals surface area contributed by atoms with Gasteiger partial charge in [-0.05, 0) is 36.2 Å². The zero-order chi connectivity index (χ0) is 20.2. The van der Waals surface area contributed by atoms with Gasteiger partial charge in [0.2, 0.25) is 0 Å². The SMILES string of the molecule is CCc1cccnc1[C@H](O)C#Cc1cccc(-c2ncc3ccnc(N)c3n2)c1. The third-order valence-electron chi connectivity index (χ3n) is 4.57. The summed E-state index contributed by atoms with van der Waals surface area (Å²) in [6, 6.07) is 13.2. The molecule has 0 saturated heterocycles. The maximum absolute atomic E-state index is 10.4. The molecule has 0 amide bonds. The highest BCUT2D eigenvalue weighted by Crippen LogP contribution is 2.22. The van der Waals surface area contributed by atoms with E-state index in [0.29, 0.717) is 22.9 Å². The topological polar surface area (TPSA) is 97.8 Å². The van der Waals surface area contributed by atoms with E-state index in [1.807, 2.05) is 49.4 Å². The molecule has 6 heteroatoms. The Morgan fingerprint density at radius 1 is 1.07 bits per heavy atom. The fraction of sp³-hybridized carbons (Fsp3) is 0.130. The molecule has 0 aliphatic carbocycles. The molecule has 0 aliphatic heterocycles. The molecule has 4 rings (SSSR count). The van der Waals surface area contributed by atoms with Crippen LogP contribution in [-0.4, -0.2) is 25.0 Å². The minimum atomic E-state index is -0.947. The number of anilines is 1. The molecule has 0 bridgehead atoms. The normalized spacial score (nSPS) is 11.7. The van der Waals surface area contributed by atoms with E-state index in [4.69, 9.17) is 5.73 Å². The Labute approximate surface area is 168 Å². The molecule has 3 heterocycles. The average Bonchev–Trinajstić information content (AvgIpc) is 2.77. The van der Waals surface area contributed by atoms with Crippen molar-refractivity contribution in [2.75, 3.05) is 5.73 Å². The predicted octanol–water partition coefficient (Wildman–Crippen LogP) is 3.32. The second-order valence-corrected chi connectivity index (χ2v) is 6.48. The molecule has 1 aromatic carbocycles. The number of nitrogen functional groups attached to an aromatic ring is 1. The van der Waals surface area contributed by atoms with Crippen LogP contribution in [0.25, 0.3) is 22.3 Å². The summed E-state index contributed by atoms with van der Waals surface area (Å²) < 4.78 is 0. The van der Waals surface area contributed by atoms with Gasteiger partial charge in [-0.1, -0.05) is 37.0 Å². The van der Waals surface area contributed by atoms with Gasteiger partial charge < -0.3 is 10.8 Å². The Morgan fingerprint density at radius 2 is 1.97 bits per heavy atom. The molecule has 142 valence electrons. The van der Waals surface area contributed by atoms with Gasteiger partial charge in [0.25, 0.3) is 0 Å². The van der Waals surface area contributed by atoms with Crippen LogP contribution in [0.5, 0.6) is 0 Å². The number of nitrogens with zero attached hydrogens (tertiary/aromatic N) is 4. The Balaban J connectivity index is 1.65. The molecule has 0 spiro atoms. The highest BCUT2D eigenvalue weighted by atomic mass is 16.3. The number of fused-ring (bicyclic) bond motifs is 1. The lowest BCUT2D eigenvalue weighted by Crippen LogP contribution is -2.02. The summed E-state index contributed by atoms with van der Waals surface area (Å²) in [5.41, 5.74) is 9.69. The number of hydrogen-bond acceptors (Lipinski definition) is 6. The molecule has 0 fully saturated rings. The summed E-state index contributed by atoms with van der Waals surface area (Å²) in [6.45, 7) is 2.02. The van der Waals surface area contributed by atoms with Crippen molar-refractivity contribution in [2.45, 2.75) is 19.4 Å². The molecule has 29 heavy (non-hydrogen) atoms. The van der Waals surface area contributed by atoms with Crippen LogP contribution in [0, 0.1) is 11.8 Å². The fourth-order valence-corrected chi connectivity index (χ4v) is 3.07. The first-order valence-electron chi connectivity index (χ1n) is 9.26. The lowest BCUT2D eigenvalue weighted by atomic mass is 10.1. The smallest absolute Gasteiger partial charge is 0.159 e. The third kappa shape index (κ3) is 3.91. The van der Waals surface area contributed by atoms with Crippen LogP contribution in [0.2, 0.25) is 0 Å². The van der Waals surface area contributed by atoms with Crippen LogP contribution < -0.4 is 5.73 Å². The maximum atomic E-state index is 10.4. The maximum Gasteiger partial charge on any atom is 0.159 e. The summed E-state index contributed by atoms with van der Waals surface area (Å²) in [4.78, 5) is 17.3. The molecule has 0 unspecified atom stereocenters. The Bertz CT molecular complexity index is 1240. The van der Waals surface area contributed by atoms with Gasteiger partial charge in [0, 0.05) is 35.1 Å². The summed E-state index contributed by atoms with van der Waals surface area (Å²) in [7, 11) is 0. The zero-order valence-electron chi connectivity index (χ0n) is 15.9. The number of aliphatic hydroxyl groups excluding tert-OH is 1. The van der Waals surface area contributed by atoms with E-state index >= 15 is 0 Å². The molecule has 0 saturated carbocycles. The zero-order valence-corrected chi connectivity index (χ0v) is 15.9. The Hall–Kier alpha value is -3.82. The highest BCUT2D eigenvalue weighted by molar-refractivity contribution is 5.87. The van der Waals surface area contributed by atoms with Crippen molar-refractivity contribution < 1.29 is 5.11 Å². The highest BCUT2D eigenvalue weighted by Gasteiger charge is 2.10. The predicted molar refractivity (Wildman–Crippen MR) is 113 cm³/mol. The second-order valence-electron chi connectivity index (χ2n) is 6.48. The van der Waals surface area contributed by atoms with E-state index < -0.39 is 6.10 Å². The van der Waals surface area contributed by atoms with Gasteiger partial charge in [-0.3, -0.25) is 4.98 Å². The first-order valence-corrected chi connectivity index (χ1v) is 9.26. The van der Waals surface area contributed by atoms with Crippen molar-refractivity contribution in [1.82, 2.24) is 19.9 Å². The van der Waals surface area contributed by atoms with Gasteiger partial charge in [-0.25, -0.2) is 15.0 Å². The van der Waals surface area contributed by atoms with Gasteiger partial charge >= 0.3 is 0 Å². The van der Waals surface area contributed by atoms with E-state index in [2.05, 4.69) is 31.8 Å². The third-order valence-corrected chi connectivity index (χ3v) is 4.57. The Kier molecular flexibility index (Phi) is 5.14. The van der Waals surface area contributed by atoms with Gasteiger partial charge in [0.05, 0.1) is 5.69 Å². The summed E-state index contributed by atoms with van der Waals surface area (Å²) in [5.74, 6) is 6.81. The molecular weight excluding hydrogens is 362 g/mol. The first-order chi connectivity index (χ1) is 14.2. The quantitative estimate of drug-likeness (QED) is 0.528. The van der Waals surface area contributed by atoms with E-state index in [-0.39, 0.29) is 0 Å². The van der Waals surface area contributed by atoms with Crippen LogP contribution in [-0.2, 0) is 6.42 Å². The van der Waals surface area contributed by atoms with Crippen molar-refractivity contribution in [3.8, 4) is 23.2 Å². The van der Waals surface area contributed by atoms with Crippen LogP contribution in [0.3, 0.4) is 0 Å². The largest absolute Gasteiger partial charge is 0.382 e. The monoisotopic (exact) mass is 381 g/mol. The van der Waals surface area contributed by atoms with E-state index in [9.17, 15) is 5.11 Å². The number of aryl methyl sites for hydroxylation is 1. The van der Waals surface area contributed by atoms with E-state index in [0.717, 1.165) is 28.5 Å². The minimum absolute atomic E-state index is 0.368. The van der Waals surface area contributed by atoms with Crippen molar-refractivity contribution in [3.63, 3.8) is 0 Å². The number of rotatable bonds is 3. The molecule has 6 nitrogen and oxygen atoms in total. The van der Waals surface area contributed by atoms with Gasteiger partial charge in [0.15, 0.2) is 11.9 Å². The van der Waals surface area contributed by atoms with Crippen molar-refractivity contribution in [1.29, 1.82) is 0 Å². The van der Waals surface area contributed by atoms with Crippen LogP contribution >= 0.6 is 0 Å². The lowest BCUT2D eigenvalue weighted by molar-refractivity contribution is 0.232. The Morgan fingerprint density at radius 3 is 2.83 bits per heavy atom. The van der Waals surface area contributed by atoms with Gasteiger partial charge in [-0.15, -0.1) is 0 Å². The second kappa shape index (κ2) is 8.05. The first kappa shape index (κ1) is 18.5. The number of aromatic nitrogens is 4. The molecule has 3 aromatic heterocycles. The van der Waals surface area contributed by atoms with Gasteiger partial charge in [-0.2, -0.15) is 0 Å². The van der Waals surface area contributed by atoms with Crippen LogP contribution in [0.1, 0.15) is 29.8 Å². The minimum Gasteiger partial charge on any atom is -0.382 e. The molecule has 3 N–H and O–H groups in total. The van der Waals surface area contributed by atoms with Crippen LogP contribution in [0.4, 0.5) is 5.82 Å². The van der Waals surface area contributed by atoms with E-state index in [1.165, 1.54) is 0 Å². The molecule has 1 atom stereocenters.